The van der Waals surface area contributed by atoms with Gasteiger partial charge in [-0.1, -0.05) is 19.1 Å². The molecule has 0 saturated carbocycles. The lowest BCUT2D eigenvalue weighted by molar-refractivity contribution is 0.0699. The van der Waals surface area contributed by atoms with Gasteiger partial charge in [0.1, 0.15) is 0 Å². The maximum atomic E-state index is 11.1. The number of aromatic amines is 1. The molecule has 0 aliphatic carbocycles. The van der Waals surface area contributed by atoms with Crippen LogP contribution in [0.25, 0.3) is 10.9 Å². The molecule has 0 amide bonds. The molecule has 2 rings (SSSR count). The van der Waals surface area contributed by atoms with Crippen molar-refractivity contribution in [3.05, 3.63) is 35.5 Å². The molecule has 0 aliphatic rings. The second-order valence-corrected chi connectivity index (χ2v) is 4.22. The largest absolute Gasteiger partial charge is 0.478 e. The Kier molecular flexibility index (Phi) is 3.15. The van der Waals surface area contributed by atoms with Crippen LogP contribution < -0.4 is 5.73 Å². The fraction of sp³-hybridized carbons (Fsp3) is 0.308. The summed E-state index contributed by atoms with van der Waals surface area (Å²) in [5.74, 6) is -0.913. The van der Waals surface area contributed by atoms with E-state index in [9.17, 15) is 4.79 Å². The molecule has 0 radical (unpaired) electrons. The number of aromatic carboxylic acids is 1. The van der Waals surface area contributed by atoms with Crippen molar-refractivity contribution in [2.45, 2.75) is 25.8 Å². The number of H-pyrrole nitrogens is 1. The number of benzene rings is 1. The summed E-state index contributed by atoms with van der Waals surface area (Å²) in [5.41, 5.74) is 7.99. The summed E-state index contributed by atoms with van der Waals surface area (Å²) in [4.78, 5) is 14.1. The van der Waals surface area contributed by atoms with Crippen molar-refractivity contribution < 1.29 is 9.90 Å². The molecule has 2 aromatic rings. The van der Waals surface area contributed by atoms with Gasteiger partial charge < -0.3 is 15.8 Å². The molecule has 0 spiro atoms. The first-order valence-corrected chi connectivity index (χ1v) is 5.71. The van der Waals surface area contributed by atoms with Gasteiger partial charge in [-0.05, 0) is 24.5 Å². The number of aromatic nitrogens is 1. The monoisotopic (exact) mass is 232 g/mol. The summed E-state index contributed by atoms with van der Waals surface area (Å²) in [7, 11) is 0. The minimum absolute atomic E-state index is 0.113. The van der Waals surface area contributed by atoms with Gasteiger partial charge in [0.25, 0.3) is 0 Å². The number of hydrogen-bond acceptors (Lipinski definition) is 2. The van der Waals surface area contributed by atoms with Crippen LogP contribution >= 0.6 is 0 Å². The zero-order chi connectivity index (χ0) is 12.4. The number of para-hydroxylation sites is 1. The van der Waals surface area contributed by atoms with Crippen LogP contribution in [0.15, 0.2) is 24.4 Å². The molecular weight excluding hydrogens is 216 g/mol. The highest BCUT2D eigenvalue weighted by Crippen LogP contribution is 2.23. The standard InChI is InChI=1S/C13H16N2O2/c1-2-9(14)6-8-7-15-12-10(8)4-3-5-11(12)13(16)17/h3-5,7,9,15H,2,6,14H2,1H3,(H,16,17). The van der Waals surface area contributed by atoms with E-state index in [0.29, 0.717) is 11.1 Å². The Morgan fingerprint density at radius 2 is 2.29 bits per heavy atom. The number of carboxylic acid groups (broad SMARTS) is 1. The SMILES string of the molecule is CCC(N)Cc1c[nH]c2c(C(=O)O)cccc12. The molecule has 1 atom stereocenters. The third kappa shape index (κ3) is 2.17. The van der Waals surface area contributed by atoms with Gasteiger partial charge in [-0.2, -0.15) is 0 Å². The van der Waals surface area contributed by atoms with Gasteiger partial charge in [0.05, 0.1) is 11.1 Å². The van der Waals surface area contributed by atoms with Crippen LogP contribution in [0, 0.1) is 0 Å². The van der Waals surface area contributed by atoms with E-state index in [2.05, 4.69) is 4.98 Å². The molecule has 0 bridgehead atoms. The maximum Gasteiger partial charge on any atom is 0.337 e. The van der Waals surface area contributed by atoms with Gasteiger partial charge in [0, 0.05) is 17.6 Å². The molecule has 0 saturated heterocycles. The number of nitrogens with two attached hydrogens (primary N) is 1. The number of hydrogen-bond donors (Lipinski definition) is 3. The molecule has 4 heteroatoms. The van der Waals surface area contributed by atoms with Crippen molar-refractivity contribution in [1.29, 1.82) is 0 Å². The van der Waals surface area contributed by atoms with E-state index in [1.54, 1.807) is 12.1 Å². The van der Waals surface area contributed by atoms with Crippen LogP contribution in [-0.4, -0.2) is 22.1 Å². The second kappa shape index (κ2) is 4.59. The first-order chi connectivity index (χ1) is 8.13. The summed E-state index contributed by atoms with van der Waals surface area (Å²) in [6, 6.07) is 5.41. The topological polar surface area (TPSA) is 79.1 Å². The van der Waals surface area contributed by atoms with Crippen molar-refractivity contribution in [1.82, 2.24) is 4.98 Å². The van der Waals surface area contributed by atoms with Crippen molar-refractivity contribution >= 4 is 16.9 Å². The molecule has 1 unspecified atom stereocenters. The van der Waals surface area contributed by atoms with Crippen LogP contribution in [0.1, 0.15) is 29.3 Å². The highest BCUT2D eigenvalue weighted by atomic mass is 16.4. The van der Waals surface area contributed by atoms with Gasteiger partial charge in [0.2, 0.25) is 0 Å². The lowest BCUT2D eigenvalue weighted by atomic mass is 10.0. The van der Waals surface area contributed by atoms with E-state index in [4.69, 9.17) is 10.8 Å². The fourth-order valence-corrected chi connectivity index (χ4v) is 1.99. The van der Waals surface area contributed by atoms with E-state index in [0.717, 1.165) is 23.8 Å². The zero-order valence-electron chi connectivity index (χ0n) is 9.73. The van der Waals surface area contributed by atoms with Crippen LogP contribution in [0.5, 0.6) is 0 Å². The van der Waals surface area contributed by atoms with E-state index in [-0.39, 0.29) is 6.04 Å². The fourth-order valence-electron chi connectivity index (χ4n) is 1.99. The lowest BCUT2D eigenvalue weighted by Gasteiger charge is -2.07. The van der Waals surface area contributed by atoms with Crippen molar-refractivity contribution in [2.75, 3.05) is 0 Å². The molecule has 1 heterocycles. The average molecular weight is 232 g/mol. The van der Waals surface area contributed by atoms with Crippen molar-refractivity contribution in [3.8, 4) is 0 Å². The summed E-state index contributed by atoms with van der Waals surface area (Å²) in [6.45, 7) is 2.04. The first-order valence-electron chi connectivity index (χ1n) is 5.71. The Balaban J connectivity index is 2.47. The molecular formula is C13H16N2O2. The van der Waals surface area contributed by atoms with Crippen LogP contribution in [-0.2, 0) is 6.42 Å². The third-order valence-electron chi connectivity index (χ3n) is 3.04. The molecule has 0 fully saturated rings. The Morgan fingerprint density at radius 1 is 1.53 bits per heavy atom. The first kappa shape index (κ1) is 11.7. The average Bonchev–Trinajstić information content (AvgIpc) is 2.72. The molecule has 1 aromatic heterocycles. The summed E-state index contributed by atoms with van der Waals surface area (Å²) >= 11 is 0. The summed E-state index contributed by atoms with van der Waals surface area (Å²) < 4.78 is 0. The lowest BCUT2D eigenvalue weighted by Crippen LogP contribution is -2.21. The van der Waals surface area contributed by atoms with E-state index >= 15 is 0 Å². The van der Waals surface area contributed by atoms with Gasteiger partial charge >= 0.3 is 5.97 Å². The van der Waals surface area contributed by atoms with Crippen LogP contribution in [0.4, 0.5) is 0 Å². The third-order valence-corrected chi connectivity index (χ3v) is 3.04. The second-order valence-electron chi connectivity index (χ2n) is 4.22. The summed E-state index contributed by atoms with van der Waals surface area (Å²) in [5, 5.41) is 10.0. The molecule has 90 valence electrons. The molecule has 4 N–H and O–H groups in total. The highest BCUT2D eigenvalue weighted by molar-refractivity contribution is 6.02. The number of fused-ring (bicyclic) bond motifs is 1. The number of nitrogens with one attached hydrogen (secondary N) is 1. The maximum absolute atomic E-state index is 11.1. The molecule has 4 nitrogen and oxygen atoms in total. The Bertz CT molecular complexity index is 545. The van der Waals surface area contributed by atoms with E-state index in [1.807, 2.05) is 19.2 Å². The zero-order valence-corrected chi connectivity index (χ0v) is 9.73. The smallest absolute Gasteiger partial charge is 0.337 e. The Labute approximate surface area is 99.4 Å². The van der Waals surface area contributed by atoms with E-state index in [1.165, 1.54) is 0 Å². The predicted molar refractivity (Wildman–Crippen MR) is 67.2 cm³/mol. The van der Waals surface area contributed by atoms with Gasteiger partial charge in [-0.25, -0.2) is 4.79 Å². The van der Waals surface area contributed by atoms with E-state index < -0.39 is 5.97 Å². The molecule has 17 heavy (non-hydrogen) atoms. The molecule has 0 aliphatic heterocycles. The quantitative estimate of drug-likeness (QED) is 0.755. The normalized spacial score (nSPS) is 12.8. The summed E-state index contributed by atoms with van der Waals surface area (Å²) in [6.07, 6.45) is 3.53. The Hall–Kier alpha value is -1.81. The van der Waals surface area contributed by atoms with Crippen LogP contribution in [0.3, 0.4) is 0 Å². The highest BCUT2D eigenvalue weighted by Gasteiger charge is 2.13. The van der Waals surface area contributed by atoms with Crippen LogP contribution in [0.2, 0.25) is 0 Å². The number of carboxylic acids is 1. The van der Waals surface area contributed by atoms with Crippen molar-refractivity contribution in [2.24, 2.45) is 5.73 Å². The minimum atomic E-state index is -0.913. The van der Waals surface area contributed by atoms with Gasteiger partial charge in [-0.3, -0.25) is 0 Å². The number of carbonyl (C=O) groups is 1. The van der Waals surface area contributed by atoms with Gasteiger partial charge in [0.15, 0.2) is 0 Å². The predicted octanol–water partition coefficient (Wildman–Crippen LogP) is 2.15. The Morgan fingerprint density at radius 3 is 2.94 bits per heavy atom. The van der Waals surface area contributed by atoms with Crippen molar-refractivity contribution in [3.63, 3.8) is 0 Å². The molecule has 1 aromatic carbocycles. The minimum Gasteiger partial charge on any atom is -0.478 e. The van der Waals surface area contributed by atoms with Gasteiger partial charge in [-0.15, -0.1) is 0 Å². The number of rotatable bonds is 4.